The van der Waals surface area contributed by atoms with Crippen LogP contribution in [0.25, 0.3) is 10.8 Å². The maximum atomic E-state index is 12.0. The highest BCUT2D eigenvalue weighted by Crippen LogP contribution is 2.35. The van der Waals surface area contributed by atoms with Crippen molar-refractivity contribution in [3.05, 3.63) is 76.9 Å². The Morgan fingerprint density at radius 3 is 2.40 bits per heavy atom. The standard InChI is InChI=1S/C22H22N2O/c1-24(2)22(25)18-8-6-15(7-9-18)14-23-20-13-12-17-11-10-16-4-3-5-19(20)21(16)17/h3-9,12-13,23H,10-11,14H2,1-2H3. The molecule has 0 aliphatic heterocycles. The van der Waals surface area contributed by atoms with Crippen molar-refractivity contribution < 1.29 is 4.79 Å². The van der Waals surface area contributed by atoms with Crippen LogP contribution in [0.3, 0.4) is 0 Å². The third kappa shape index (κ3) is 2.86. The van der Waals surface area contributed by atoms with Gasteiger partial charge in [-0.05, 0) is 53.1 Å². The van der Waals surface area contributed by atoms with Crippen molar-refractivity contribution >= 4 is 22.4 Å². The van der Waals surface area contributed by atoms with Gasteiger partial charge in [0.05, 0.1) is 0 Å². The average Bonchev–Trinajstić information content (AvgIpc) is 3.06. The predicted octanol–water partition coefficient (Wildman–Crippen LogP) is 4.25. The SMILES string of the molecule is CN(C)C(=O)c1ccc(CNc2ccc3c4c(cccc24)CC3)cc1. The summed E-state index contributed by atoms with van der Waals surface area (Å²) in [6, 6.07) is 18.9. The Kier molecular flexibility index (Phi) is 3.92. The summed E-state index contributed by atoms with van der Waals surface area (Å²) in [5.41, 5.74) is 5.99. The molecule has 126 valence electrons. The van der Waals surface area contributed by atoms with Gasteiger partial charge in [-0.1, -0.05) is 36.4 Å². The molecule has 1 aliphatic rings. The van der Waals surface area contributed by atoms with Crippen LogP contribution in [0, 0.1) is 0 Å². The highest BCUT2D eigenvalue weighted by Gasteiger charge is 2.15. The van der Waals surface area contributed by atoms with E-state index in [0.717, 1.165) is 24.9 Å². The molecule has 3 heteroatoms. The smallest absolute Gasteiger partial charge is 0.253 e. The van der Waals surface area contributed by atoms with E-state index in [2.05, 4.69) is 35.6 Å². The van der Waals surface area contributed by atoms with Crippen molar-refractivity contribution in [1.29, 1.82) is 0 Å². The monoisotopic (exact) mass is 330 g/mol. The lowest BCUT2D eigenvalue weighted by Gasteiger charge is -2.13. The minimum atomic E-state index is 0.0343. The summed E-state index contributed by atoms with van der Waals surface area (Å²) in [7, 11) is 3.54. The number of aryl methyl sites for hydroxylation is 2. The first kappa shape index (κ1) is 15.7. The fourth-order valence-corrected chi connectivity index (χ4v) is 3.62. The average molecular weight is 330 g/mol. The van der Waals surface area contributed by atoms with Crippen LogP contribution in [0.5, 0.6) is 0 Å². The number of amides is 1. The van der Waals surface area contributed by atoms with Crippen molar-refractivity contribution in [2.75, 3.05) is 19.4 Å². The predicted molar refractivity (Wildman–Crippen MR) is 103 cm³/mol. The van der Waals surface area contributed by atoms with E-state index >= 15 is 0 Å². The van der Waals surface area contributed by atoms with Crippen LogP contribution in [0.1, 0.15) is 27.0 Å². The zero-order valence-electron chi connectivity index (χ0n) is 14.7. The maximum absolute atomic E-state index is 12.0. The van der Waals surface area contributed by atoms with E-state index in [4.69, 9.17) is 0 Å². The quantitative estimate of drug-likeness (QED) is 0.775. The van der Waals surface area contributed by atoms with Crippen molar-refractivity contribution in [2.45, 2.75) is 19.4 Å². The van der Waals surface area contributed by atoms with Crippen molar-refractivity contribution in [3.63, 3.8) is 0 Å². The van der Waals surface area contributed by atoms with Gasteiger partial charge in [-0.15, -0.1) is 0 Å². The topological polar surface area (TPSA) is 32.3 Å². The summed E-state index contributed by atoms with van der Waals surface area (Å²) in [5.74, 6) is 0.0343. The number of carbonyl (C=O) groups excluding carboxylic acids is 1. The molecule has 0 radical (unpaired) electrons. The lowest BCUT2D eigenvalue weighted by molar-refractivity contribution is 0.0827. The minimum Gasteiger partial charge on any atom is -0.380 e. The number of carbonyl (C=O) groups is 1. The number of nitrogens with one attached hydrogen (secondary N) is 1. The third-order valence-corrected chi connectivity index (χ3v) is 4.97. The molecule has 3 aromatic rings. The van der Waals surface area contributed by atoms with Crippen LogP contribution in [-0.4, -0.2) is 24.9 Å². The van der Waals surface area contributed by atoms with Gasteiger partial charge in [-0.2, -0.15) is 0 Å². The molecule has 0 saturated carbocycles. The highest BCUT2D eigenvalue weighted by molar-refractivity contribution is 5.99. The molecule has 0 spiro atoms. The Labute approximate surface area is 148 Å². The van der Waals surface area contributed by atoms with E-state index in [1.54, 1.807) is 19.0 Å². The van der Waals surface area contributed by atoms with Gasteiger partial charge < -0.3 is 10.2 Å². The Bertz CT molecular complexity index is 932. The molecule has 3 aromatic carbocycles. The van der Waals surface area contributed by atoms with Crippen LogP contribution in [0.4, 0.5) is 5.69 Å². The normalized spacial score (nSPS) is 12.4. The Morgan fingerprint density at radius 2 is 1.68 bits per heavy atom. The third-order valence-electron chi connectivity index (χ3n) is 4.97. The summed E-state index contributed by atoms with van der Waals surface area (Å²) < 4.78 is 0. The molecule has 25 heavy (non-hydrogen) atoms. The molecule has 0 aromatic heterocycles. The fraction of sp³-hybridized carbons (Fsp3) is 0.227. The van der Waals surface area contributed by atoms with Gasteiger partial charge in [0.15, 0.2) is 0 Å². The van der Waals surface area contributed by atoms with Crippen LogP contribution < -0.4 is 5.32 Å². The fourth-order valence-electron chi connectivity index (χ4n) is 3.62. The molecule has 3 nitrogen and oxygen atoms in total. The van der Waals surface area contributed by atoms with E-state index in [0.29, 0.717) is 0 Å². The second-order valence-electron chi connectivity index (χ2n) is 6.86. The summed E-state index contributed by atoms with van der Waals surface area (Å²) in [5, 5.41) is 6.30. The van der Waals surface area contributed by atoms with Crippen LogP contribution in [0.15, 0.2) is 54.6 Å². The zero-order chi connectivity index (χ0) is 17.4. The van der Waals surface area contributed by atoms with Crippen LogP contribution in [-0.2, 0) is 19.4 Å². The van der Waals surface area contributed by atoms with Gasteiger partial charge >= 0.3 is 0 Å². The van der Waals surface area contributed by atoms with Gasteiger partial charge in [0.1, 0.15) is 0 Å². The number of hydrogen-bond acceptors (Lipinski definition) is 2. The first-order valence-corrected chi connectivity index (χ1v) is 8.71. The van der Waals surface area contributed by atoms with Gasteiger partial charge in [0.25, 0.3) is 5.91 Å². The highest BCUT2D eigenvalue weighted by atomic mass is 16.2. The van der Waals surface area contributed by atoms with Crippen molar-refractivity contribution in [2.24, 2.45) is 0 Å². The maximum Gasteiger partial charge on any atom is 0.253 e. The van der Waals surface area contributed by atoms with Crippen LogP contribution >= 0.6 is 0 Å². The molecule has 0 heterocycles. The number of hydrogen-bond donors (Lipinski definition) is 1. The lowest BCUT2D eigenvalue weighted by Crippen LogP contribution is -2.21. The molecule has 0 atom stereocenters. The van der Waals surface area contributed by atoms with E-state index in [9.17, 15) is 4.79 Å². The molecular weight excluding hydrogens is 308 g/mol. The second-order valence-corrected chi connectivity index (χ2v) is 6.86. The summed E-state index contributed by atoms with van der Waals surface area (Å²) >= 11 is 0. The van der Waals surface area contributed by atoms with E-state index in [1.807, 2.05) is 24.3 Å². The number of rotatable bonds is 4. The molecule has 0 fully saturated rings. The van der Waals surface area contributed by atoms with Gasteiger partial charge in [-0.25, -0.2) is 0 Å². The summed E-state index contributed by atoms with van der Waals surface area (Å²) in [6.45, 7) is 0.745. The Hall–Kier alpha value is -2.81. The summed E-state index contributed by atoms with van der Waals surface area (Å²) in [4.78, 5) is 13.6. The molecule has 1 aliphatic carbocycles. The first-order chi connectivity index (χ1) is 12.1. The van der Waals surface area contributed by atoms with Crippen molar-refractivity contribution in [1.82, 2.24) is 4.90 Å². The lowest BCUT2D eigenvalue weighted by atomic mass is 10.0. The molecule has 4 rings (SSSR count). The van der Waals surface area contributed by atoms with Gasteiger partial charge in [0.2, 0.25) is 0 Å². The molecular formula is C22H22N2O. The summed E-state index contributed by atoms with van der Waals surface area (Å²) in [6.07, 6.45) is 2.30. The Balaban J connectivity index is 1.54. The molecule has 0 unspecified atom stereocenters. The Morgan fingerprint density at radius 1 is 0.960 bits per heavy atom. The van der Waals surface area contributed by atoms with Crippen LogP contribution in [0.2, 0.25) is 0 Å². The van der Waals surface area contributed by atoms with Gasteiger partial charge in [-0.3, -0.25) is 4.79 Å². The minimum absolute atomic E-state index is 0.0343. The second kappa shape index (κ2) is 6.25. The van der Waals surface area contributed by atoms with Crippen molar-refractivity contribution in [3.8, 4) is 0 Å². The largest absolute Gasteiger partial charge is 0.380 e. The van der Waals surface area contributed by atoms with E-state index < -0.39 is 0 Å². The molecule has 0 saturated heterocycles. The zero-order valence-corrected chi connectivity index (χ0v) is 14.7. The van der Waals surface area contributed by atoms with Gasteiger partial charge in [0, 0.05) is 37.3 Å². The number of anilines is 1. The van der Waals surface area contributed by atoms with E-state index in [-0.39, 0.29) is 5.91 Å². The number of nitrogens with zero attached hydrogens (tertiary/aromatic N) is 1. The first-order valence-electron chi connectivity index (χ1n) is 8.71. The molecule has 0 bridgehead atoms. The van der Waals surface area contributed by atoms with E-state index in [1.165, 1.54) is 33.2 Å². The molecule has 1 amide bonds. The molecule has 1 N–H and O–H groups in total. The number of benzene rings is 3.